The summed E-state index contributed by atoms with van der Waals surface area (Å²) in [6, 6.07) is 12.3. The van der Waals surface area contributed by atoms with E-state index in [4.69, 9.17) is 5.11 Å². The molecule has 0 bridgehead atoms. The molecule has 0 fully saturated rings. The maximum Gasteiger partial charge on any atom is 0.309 e. The zero-order chi connectivity index (χ0) is 14.4. The average Bonchev–Trinajstić information content (AvgIpc) is 2.44. The van der Waals surface area contributed by atoms with Crippen molar-refractivity contribution in [3.8, 4) is 0 Å². The minimum Gasteiger partial charge on any atom is -1.00 e. The number of pyridine rings is 1. The molecule has 1 heterocycles. The number of aliphatic carboxylic acids is 1. The second kappa shape index (κ2) is 8.22. The third kappa shape index (κ3) is 5.79. The highest BCUT2D eigenvalue weighted by Gasteiger charge is 2.03. The van der Waals surface area contributed by atoms with E-state index in [1.54, 1.807) is 0 Å². The summed E-state index contributed by atoms with van der Waals surface area (Å²) >= 11 is 0. The Morgan fingerprint density at radius 1 is 1.14 bits per heavy atom. The van der Waals surface area contributed by atoms with Crippen LogP contribution in [-0.4, -0.2) is 11.1 Å². The van der Waals surface area contributed by atoms with Crippen LogP contribution in [0.1, 0.15) is 23.1 Å². The lowest BCUT2D eigenvalue weighted by Crippen LogP contribution is -3.00. The van der Waals surface area contributed by atoms with Crippen LogP contribution in [0.3, 0.4) is 0 Å². The lowest BCUT2D eigenvalue weighted by molar-refractivity contribution is -0.696. The Bertz CT molecular complexity index is 621. The number of rotatable bonds is 5. The smallest absolute Gasteiger partial charge is 0.309 e. The molecule has 0 aliphatic heterocycles. The molecule has 0 spiro atoms. The van der Waals surface area contributed by atoms with Gasteiger partial charge in [-0.3, -0.25) is 4.79 Å². The Labute approximate surface area is 131 Å². The molecule has 1 aromatic carbocycles. The monoisotopic (exact) mass is 303 g/mol. The predicted octanol–water partition coefficient (Wildman–Crippen LogP) is -0.0684. The van der Waals surface area contributed by atoms with E-state index in [-0.39, 0.29) is 18.8 Å². The second-order valence-electron chi connectivity index (χ2n) is 4.76. The van der Waals surface area contributed by atoms with Crippen LogP contribution in [0.2, 0.25) is 0 Å². The van der Waals surface area contributed by atoms with Gasteiger partial charge in [0.25, 0.3) is 0 Å². The summed E-state index contributed by atoms with van der Waals surface area (Å²) in [5.74, 6) is -0.777. The van der Waals surface area contributed by atoms with Crippen LogP contribution in [0.25, 0.3) is 12.2 Å². The molecule has 110 valence electrons. The van der Waals surface area contributed by atoms with Crippen molar-refractivity contribution in [1.29, 1.82) is 0 Å². The summed E-state index contributed by atoms with van der Waals surface area (Å²) in [6.07, 6.45) is 8.07. The maximum atomic E-state index is 10.5. The topological polar surface area (TPSA) is 41.2 Å². The number of carboxylic acid groups (broad SMARTS) is 1. The predicted molar refractivity (Wildman–Crippen MR) is 79.0 cm³/mol. The second-order valence-corrected chi connectivity index (χ2v) is 4.76. The molecule has 21 heavy (non-hydrogen) atoms. The number of aryl methyl sites for hydroxylation is 2. The van der Waals surface area contributed by atoms with Gasteiger partial charge in [-0.25, -0.2) is 4.57 Å². The molecule has 0 radical (unpaired) electrons. The van der Waals surface area contributed by atoms with Crippen LogP contribution >= 0.6 is 0 Å². The molecule has 0 unspecified atom stereocenters. The molecule has 0 saturated heterocycles. The molecular formula is C17H18ClNO2. The average molecular weight is 304 g/mol. The first-order valence-electron chi connectivity index (χ1n) is 6.59. The van der Waals surface area contributed by atoms with Gasteiger partial charge in [0.2, 0.25) is 0 Å². The van der Waals surface area contributed by atoms with Gasteiger partial charge in [-0.05, 0) is 18.1 Å². The number of carboxylic acids is 1. The molecule has 1 aromatic heterocycles. The van der Waals surface area contributed by atoms with Crippen LogP contribution in [0.15, 0.2) is 48.8 Å². The van der Waals surface area contributed by atoms with Gasteiger partial charge in [0, 0.05) is 12.1 Å². The summed E-state index contributed by atoms with van der Waals surface area (Å²) in [5, 5.41) is 8.64. The van der Waals surface area contributed by atoms with Gasteiger partial charge in [0.05, 0.1) is 0 Å². The van der Waals surface area contributed by atoms with Crippen LogP contribution in [0.5, 0.6) is 0 Å². The number of carbonyl (C=O) groups is 1. The van der Waals surface area contributed by atoms with Crippen LogP contribution < -0.4 is 17.0 Å². The maximum absolute atomic E-state index is 10.5. The summed E-state index contributed by atoms with van der Waals surface area (Å²) in [6.45, 7) is 2.57. The van der Waals surface area contributed by atoms with E-state index in [9.17, 15) is 4.79 Å². The molecule has 2 rings (SSSR count). The normalized spacial score (nSPS) is 10.3. The first-order chi connectivity index (χ1) is 9.63. The minimum atomic E-state index is -0.777. The Morgan fingerprint density at radius 3 is 2.43 bits per heavy atom. The quantitative estimate of drug-likeness (QED) is 0.786. The van der Waals surface area contributed by atoms with Gasteiger partial charge in [0.15, 0.2) is 18.9 Å². The first kappa shape index (κ1) is 16.9. The summed E-state index contributed by atoms with van der Waals surface area (Å²) in [4.78, 5) is 10.5. The zero-order valence-corrected chi connectivity index (χ0v) is 12.6. The summed E-state index contributed by atoms with van der Waals surface area (Å²) < 4.78 is 1.87. The van der Waals surface area contributed by atoms with Gasteiger partial charge >= 0.3 is 5.97 Å². The minimum absolute atomic E-state index is 0. The highest BCUT2D eigenvalue weighted by atomic mass is 35.5. The van der Waals surface area contributed by atoms with E-state index < -0.39 is 5.97 Å². The standard InChI is InChI=1S/C17H17NO2.ClH/c1-14-3-2-4-16(13-14)6-5-15-7-10-18(11-8-15)12-9-17(19)20;/h2-8,10-11,13H,9,12H2,1H3;1H/b6-5-;. The van der Waals surface area contributed by atoms with Crippen LogP contribution in [-0.2, 0) is 11.3 Å². The third-order valence-corrected chi connectivity index (χ3v) is 3.01. The van der Waals surface area contributed by atoms with Crippen molar-refractivity contribution in [2.45, 2.75) is 19.9 Å². The van der Waals surface area contributed by atoms with Gasteiger partial charge in [-0.1, -0.05) is 42.0 Å². The molecule has 0 aliphatic rings. The first-order valence-corrected chi connectivity index (χ1v) is 6.59. The van der Waals surface area contributed by atoms with Crippen molar-refractivity contribution in [2.24, 2.45) is 0 Å². The Morgan fingerprint density at radius 2 is 1.81 bits per heavy atom. The van der Waals surface area contributed by atoms with E-state index in [1.165, 1.54) is 11.1 Å². The van der Waals surface area contributed by atoms with Crippen LogP contribution in [0.4, 0.5) is 0 Å². The lowest BCUT2D eigenvalue weighted by atomic mass is 10.1. The van der Waals surface area contributed by atoms with E-state index in [1.807, 2.05) is 35.2 Å². The van der Waals surface area contributed by atoms with Gasteiger partial charge < -0.3 is 17.5 Å². The van der Waals surface area contributed by atoms with E-state index >= 15 is 0 Å². The van der Waals surface area contributed by atoms with E-state index in [0.29, 0.717) is 6.54 Å². The number of hydrogen-bond donors (Lipinski definition) is 1. The van der Waals surface area contributed by atoms with Crippen molar-refractivity contribution in [1.82, 2.24) is 0 Å². The Balaban J connectivity index is 0.00000220. The fraction of sp³-hybridized carbons (Fsp3) is 0.176. The highest BCUT2D eigenvalue weighted by Crippen LogP contribution is 2.09. The molecule has 0 aliphatic carbocycles. The highest BCUT2D eigenvalue weighted by molar-refractivity contribution is 5.69. The lowest BCUT2D eigenvalue weighted by Gasteiger charge is -1.97. The van der Waals surface area contributed by atoms with Gasteiger partial charge in [0.1, 0.15) is 6.42 Å². The number of halogens is 1. The van der Waals surface area contributed by atoms with E-state index in [0.717, 1.165) is 5.56 Å². The van der Waals surface area contributed by atoms with Crippen molar-refractivity contribution in [3.05, 3.63) is 65.5 Å². The largest absolute Gasteiger partial charge is 1.00 e. The van der Waals surface area contributed by atoms with Crippen molar-refractivity contribution >= 4 is 18.1 Å². The molecule has 0 saturated carbocycles. The van der Waals surface area contributed by atoms with Crippen molar-refractivity contribution in [3.63, 3.8) is 0 Å². The summed E-state index contributed by atoms with van der Waals surface area (Å²) in [5.41, 5.74) is 3.51. The van der Waals surface area contributed by atoms with E-state index in [2.05, 4.69) is 37.3 Å². The zero-order valence-electron chi connectivity index (χ0n) is 11.9. The Kier molecular flexibility index (Phi) is 6.63. The molecule has 1 N–H and O–H groups in total. The summed E-state index contributed by atoms with van der Waals surface area (Å²) in [7, 11) is 0. The van der Waals surface area contributed by atoms with Gasteiger partial charge in [-0.15, -0.1) is 0 Å². The Hall–Kier alpha value is -2.13. The van der Waals surface area contributed by atoms with Crippen molar-refractivity contribution < 1.29 is 26.9 Å². The number of nitrogens with zero attached hydrogens (tertiary/aromatic N) is 1. The fourth-order valence-electron chi connectivity index (χ4n) is 1.92. The third-order valence-electron chi connectivity index (χ3n) is 3.01. The molecule has 2 aromatic rings. The molecule has 0 amide bonds. The van der Waals surface area contributed by atoms with Crippen molar-refractivity contribution in [2.75, 3.05) is 0 Å². The number of hydrogen-bond acceptors (Lipinski definition) is 1. The van der Waals surface area contributed by atoms with Crippen LogP contribution in [0, 0.1) is 6.92 Å². The fourth-order valence-corrected chi connectivity index (χ4v) is 1.92. The molecule has 4 heteroatoms. The van der Waals surface area contributed by atoms with Gasteiger partial charge in [-0.2, -0.15) is 0 Å². The number of aromatic nitrogens is 1. The molecular weight excluding hydrogens is 286 g/mol. The number of benzene rings is 1. The molecule has 0 atom stereocenters. The molecule has 3 nitrogen and oxygen atoms in total. The SMILES string of the molecule is Cc1cccc(/C=C\c2cc[n+](CCC(=O)O)cc2)c1.[Cl-].